The minimum atomic E-state index is -3.75. The normalized spacial score (nSPS) is 13.1. The minimum Gasteiger partial charge on any atom is -0.329 e. The molecule has 29 heavy (non-hydrogen) atoms. The highest BCUT2D eigenvalue weighted by atomic mass is 32.2. The van der Waals surface area contributed by atoms with E-state index in [0.717, 1.165) is 25.2 Å². The summed E-state index contributed by atoms with van der Waals surface area (Å²) in [5, 5.41) is -0.105. The first kappa shape index (κ1) is 25.8. The number of benzene rings is 1. The van der Waals surface area contributed by atoms with Gasteiger partial charge in [-0.05, 0) is 43.6 Å². The first-order valence-electron chi connectivity index (χ1n) is 10.1. The predicted molar refractivity (Wildman–Crippen MR) is 125 cm³/mol. The Morgan fingerprint density at radius 1 is 1.03 bits per heavy atom. The van der Waals surface area contributed by atoms with Gasteiger partial charge >= 0.3 is 0 Å². The fourth-order valence-corrected chi connectivity index (χ4v) is 5.39. The Kier molecular flexibility index (Phi) is 9.49. The predicted octanol–water partition coefficient (Wildman–Crippen LogP) is 4.99. The van der Waals surface area contributed by atoms with Crippen molar-refractivity contribution in [3.63, 3.8) is 0 Å². The standard InChI is InChI=1S/C22H38N2O3SSi/c1-9-16-23(17-10-2)18-11-19-24(27-29(7,8)22(4,5)6)28(25,26)21-14-12-20(3)13-15-21/h9-10,12-15H,1-2,11,16-19H2,3-8H3. The SMILES string of the molecule is C=CCN(CC=C)CCCN(O[Si](C)(C)C(C)(C)C)S(=O)(=O)c1ccc(C)cc1. The molecule has 0 saturated carbocycles. The third-order valence-electron chi connectivity index (χ3n) is 5.31. The molecule has 0 atom stereocenters. The molecule has 0 heterocycles. The van der Waals surface area contributed by atoms with Crippen LogP contribution < -0.4 is 0 Å². The number of nitrogens with zero attached hydrogens (tertiary/aromatic N) is 2. The zero-order valence-corrected chi connectivity index (χ0v) is 20.8. The van der Waals surface area contributed by atoms with Gasteiger partial charge < -0.3 is 4.53 Å². The summed E-state index contributed by atoms with van der Waals surface area (Å²) in [6, 6.07) is 6.92. The van der Waals surface area contributed by atoms with Crippen LogP contribution in [-0.4, -0.2) is 52.3 Å². The third kappa shape index (κ3) is 7.50. The lowest BCUT2D eigenvalue weighted by molar-refractivity contribution is 0.0159. The molecule has 5 nitrogen and oxygen atoms in total. The maximum absolute atomic E-state index is 13.4. The lowest BCUT2D eigenvalue weighted by atomic mass is 10.2. The molecule has 0 aliphatic heterocycles. The van der Waals surface area contributed by atoms with Crippen LogP contribution in [0.5, 0.6) is 0 Å². The smallest absolute Gasteiger partial charge is 0.264 e. The van der Waals surface area contributed by atoms with Gasteiger partial charge in [-0.2, -0.15) is 0 Å². The summed E-state index contributed by atoms with van der Waals surface area (Å²) in [5.41, 5.74) is 1.02. The summed E-state index contributed by atoms with van der Waals surface area (Å²) in [6.07, 6.45) is 4.34. The lowest BCUT2D eigenvalue weighted by Gasteiger charge is -2.39. The van der Waals surface area contributed by atoms with Crippen LogP contribution in [-0.2, 0) is 14.6 Å². The molecule has 0 radical (unpaired) electrons. The molecule has 0 saturated heterocycles. The summed E-state index contributed by atoms with van der Waals surface area (Å²) in [6.45, 7) is 22.4. The molecule has 0 aromatic heterocycles. The number of hydrogen-bond acceptors (Lipinski definition) is 4. The Morgan fingerprint density at radius 2 is 1.55 bits per heavy atom. The molecule has 0 unspecified atom stereocenters. The van der Waals surface area contributed by atoms with Gasteiger partial charge in [0.15, 0.2) is 0 Å². The molecule has 1 rings (SSSR count). The number of sulfonamides is 1. The molecule has 0 N–H and O–H groups in total. The van der Waals surface area contributed by atoms with Crippen LogP contribution >= 0.6 is 0 Å². The van der Waals surface area contributed by atoms with Gasteiger partial charge in [-0.3, -0.25) is 4.90 Å². The Balaban J connectivity index is 3.10. The quantitative estimate of drug-likeness (QED) is 0.262. The Labute approximate surface area is 179 Å². The molecule has 164 valence electrons. The van der Waals surface area contributed by atoms with Crippen LogP contribution in [0.3, 0.4) is 0 Å². The van der Waals surface area contributed by atoms with Crippen molar-refractivity contribution in [1.29, 1.82) is 0 Å². The van der Waals surface area contributed by atoms with E-state index in [-0.39, 0.29) is 9.93 Å². The number of aryl methyl sites for hydroxylation is 1. The molecule has 0 fully saturated rings. The molecule has 0 spiro atoms. The van der Waals surface area contributed by atoms with E-state index in [1.54, 1.807) is 12.1 Å². The van der Waals surface area contributed by atoms with Crippen molar-refractivity contribution in [3.05, 3.63) is 55.1 Å². The second kappa shape index (κ2) is 10.7. The minimum absolute atomic E-state index is 0.105. The zero-order valence-electron chi connectivity index (χ0n) is 18.9. The highest BCUT2D eigenvalue weighted by Gasteiger charge is 2.42. The van der Waals surface area contributed by atoms with Crippen molar-refractivity contribution in [2.45, 2.75) is 57.1 Å². The average Bonchev–Trinajstić information content (AvgIpc) is 2.60. The summed E-state index contributed by atoms with van der Waals surface area (Å²) < 4.78 is 34.2. The van der Waals surface area contributed by atoms with Crippen LogP contribution in [0.2, 0.25) is 18.1 Å². The van der Waals surface area contributed by atoms with Crippen molar-refractivity contribution in [2.75, 3.05) is 26.2 Å². The van der Waals surface area contributed by atoms with Gasteiger partial charge in [-0.15, -0.1) is 13.2 Å². The van der Waals surface area contributed by atoms with Gasteiger partial charge in [0.2, 0.25) is 8.32 Å². The lowest BCUT2D eigenvalue weighted by Crippen LogP contribution is -2.49. The van der Waals surface area contributed by atoms with E-state index in [9.17, 15) is 8.42 Å². The first-order chi connectivity index (χ1) is 13.3. The Morgan fingerprint density at radius 3 is 2.00 bits per heavy atom. The number of rotatable bonds is 12. The molecule has 0 amide bonds. The fraction of sp³-hybridized carbons (Fsp3) is 0.545. The van der Waals surface area contributed by atoms with Crippen LogP contribution in [0.1, 0.15) is 32.8 Å². The van der Waals surface area contributed by atoms with Crippen LogP contribution in [0.4, 0.5) is 0 Å². The van der Waals surface area contributed by atoms with E-state index in [1.807, 2.05) is 31.2 Å². The van der Waals surface area contributed by atoms with Gasteiger partial charge in [0.1, 0.15) is 0 Å². The van der Waals surface area contributed by atoms with Crippen molar-refractivity contribution in [3.8, 4) is 0 Å². The topological polar surface area (TPSA) is 49.9 Å². The van der Waals surface area contributed by atoms with Crippen LogP contribution in [0, 0.1) is 6.92 Å². The second-order valence-corrected chi connectivity index (χ2v) is 15.4. The van der Waals surface area contributed by atoms with Gasteiger partial charge in [-0.25, -0.2) is 8.42 Å². The van der Waals surface area contributed by atoms with E-state index < -0.39 is 18.3 Å². The van der Waals surface area contributed by atoms with Crippen molar-refractivity contribution in [1.82, 2.24) is 9.37 Å². The largest absolute Gasteiger partial charge is 0.329 e. The maximum atomic E-state index is 13.4. The summed E-state index contributed by atoms with van der Waals surface area (Å²) in [7, 11) is -6.08. The van der Waals surface area contributed by atoms with Gasteiger partial charge in [-0.1, -0.05) is 55.1 Å². The van der Waals surface area contributed by atoms with E-state index in [4.69, 9.17) is 4.53 Å². The van der Waals surface area contributed by atoms with Gasteiger partial charge in [0.25, 0.3) is 10.0 Å². The first-order valence-corrected chi connectivity index (χ1v) is 14.4. The third-order valence-corrected chi connectivity index (χ3v) is 11.4. The van der Waals surface area contributed by atoms with Crippen molar-refractivity contribution in [2.24, 2.45) is 0 Å². The molecular formula is C22H38N2O3SSi. The van der Waals surface area contributed by atoms with Gasteiger partial charge in [0, 0.05) is 26.2 Å². The fourth-order valence-electron chi connectivity index (χ4n) is 2.48. The molecule has 0 bridgehead atoms. The second-order valence-electron chi connectivity index (χ2n) is 8.89. The molecule has 1 aromatic carbocycles. The van der Waals surface area contributed by atoms with E-state index in [0.29, 0.717) is 13.0 Å². The Hall–Kier alpha value is -1.25. The van der Waals surface area contributed by atoms with Crippen LogP contribution in [0.25, 0.3) is 0 Å². The molecule has 1 aromatic rings. The van der Waals surface area contributed by atoms with E-state index in [1.165, 1.54) is 4.47 Å². The monoisotopic (exact) mass is 438 g/mol. The maximum Gasteiger partial charge on any atom is 0.264 e. The molecule has 7 heteroatoms. The molecule has 0 aliphatic carbocycles. The zero-order chi connectivity index (χ0) is 22.3. The van der Waals surface area contributed by atoms with E-state index in [2.05, 4.69) is 51.9 Å². The average molecular weight is 439 g/mol. The highest BCUT2D eigenvalue weighted by Crippen LogP contribution is 2.38. The number of hydrogen-bond donors (Lipinski definition) is 0. The van der Waals surface area contributed by atoms with E-state index >= 15 is 0 Å². The van der Waals surface area contributed by atoms with Crippen LogP contribution in [0.15, 0.2) is 54.5 Å². The molecule has 0 aliphatic rings. The summed E-state index contributed by atoms with van der Waals surface area (Å²) in [4.78, 5) is 2.43. The van der Waals surface area contributed by atoms with Crippen molar-refractivity contribution >= 4 is 18.3 Å². The molecular weight excluding hydrogens is 400 g/mol. The van der Waals surface area contributed by atoms with Crippen molar-refractivity contribution < 1.29 is 12.9 Å². The number of hydroxylamine groups is 1. The highest BCUT2D eigenvalue weighted by molar-refractivity contribution is 7.89. The van der Waals surface area contributed by atoms with Gasteiger partial charge in [0.05, 0.1) is 4.90 Å². The summed E-state index contributed by atoms with van der Waals surface area (Å²) >= 11 is 0. The summed E-state index contributed by atoms with van der Waals surface area (Å²) in [5.74, 6) is 0. The Bertz CT molecular complexity index is 758.